The average molecular weight is 363 g/mol. The molecule has 8 heteroatoms. The number of nitrogens with zero attached hydrogens (tertiary/aromatic N) is 2. The van der Waals surface area contributed by atoms with Crippen molar-refractivity contribution < 1.29 is 17.6 Å². The van der Waals surface area contributed by atoms with E-state index in [4.69, 9.17) is 11.6 Å². The van der Waals surface area contributed by atoms with E-state index in [1.54, 1.807) is 6.07 Å². The van der Waals surface area contributed by atoms with Gasteiger partial charge in [-0.15, -0.1) is 0 Å². The smallest absolute Gasteiger partial charge is 0.241 e. The molecule has 0 aliphatic carbocycles. The van der Waals surface area contributed by atoms with Gasteiger partial charge in [-0.05, 0) is 25.0 Å². The van der Waals surface area contributed by atoms with Crippen molar-refractivity contribution in [2.24, 2.45) is 0 Å². The van der Waals surface area contributed by atoms with Gasteiger partial charge in [-0.1, -0.05) is 24.1 Å². The molecule has 1 unspecified atom stereocenters. The van der Waals surface area contributed by atoms with Crippen LogP contribution in [0.4, 0.5) is 4.39 Å². The van der Waals surface area contributed by atoms with Gasteiger partial charge in [-0.2, -0.15) is 4.31 Å². The Bertz CT molecular complexity index is 676. The van der Waals surface area contributed by atoms with Crippen molar-refractivity contribution in [3.8, 4) is 0 Å². The topological polar surface area (TPSA) is 57.7 Å². The van der Waals surface area contributed by atoms with Gasteiger partial charge in [0.15, 0.2) is 0 Å². The van der Waals surface area contributed by atoms with Crippen LogP contribution in [0, 0.1) is 5.82 Å². The highest BCUT2D eigenvalue weighted by Gasteiger charge is 2.36. The molecule has 1 aliphatic rings. The van der Waals surface area contributed by atoms with Crippen molar-refractivity contribution in [1.29, 1.82) is 0 Å². The van der Waals surface area contributed by atoms with Crippen LogP contribution in [-0.2, 0) is 21.4 Å². The summed E-state index contributed by atoms with van der Waals surface area (Å²) in [5.74, 6) is -0.824. The summed E-state index contributed by atoms with van der Waals surface area (Å²) in [5.41, 5.74) is 0.228. The maximum atomic E-state index is 13.9. The van der Waals surface area contributed by atoms with Crippen LogP contribution in [0.3, 0.4) is 0 Å². The van der Waals surface area contributed by atoms with Gasteiger partial charge in [0.2, 0.25) is 15.9 Å². The number of sulfonamides is 1. The molecule has 0 spiro atoms. The van der Waals surface area contributed by atoms with Crippen molar-refractivity contribution in [3.63, 3.8) is 0 Å². The Hall–Kier alpha value is -1.18. The van der Waals surface area contributed by atoms with Crippen molar-refractivity contribution in [1.82, 2.24) is 9.21 Å². The summed E-state index contributed by atoms with van der Waals surface area (Å²) in [5, 5.41) is 0.244. The first kappa shape index (κ1) is 18.2. The number of rotatable bonds is 4. The fourth-order valence-electron chi connectivity index (χ4n) is 2.80. The zero-order valence-corrected chi connectivity index (χ0v) is 14.7. The van der Waals surface area contributed by atoms with Crippen LogP contribution in [0.25, 0.3) is 0 Å². The number of halogens is 2. The normalized spacial score (nSPS) is 19.6. The molecule has 0 saturated carbocycles. The highest BCUT2D eigenvalue weighted by atomic mass is 35.5. The molecular formula is C15H20ClFN2O3S. The number of carbonyl (C=O) groups is 1. The van der Waals surface area contributed by atoms with Crippen LogP contribution in [-0.4, -0.2) is 49.4 Å². The Morgan fingerprint density at radius 3 is 2.74 bits per heavy atom. The monoisotopic (exact) mass is 362 g/mol. The molecule has 1 atom stereocenters. The summed E-state index contributed by atoms with van der Waals surface area (Å²) in [6.07, 6.45) is 3.10. The minimum absolute atomic E-state index is 0.00155. The van der Waals surface area contributed by atoms with Crippen LogP contribution in [0.1, 0.15) is 24.8 Å². The van der Waals surface area contributed by atoms with Gasteiger partial charge in [0.1, 0.15) is 11.9 Å². The summed E-state index contributed by atoms with van der Waals surface area (Å²) in [6.45, 7) is 0.335. The van der Waals surface area contributed by atoms with Gasteiger partial charge in [0, 0.05) is 30.7 Å². The van der Waals surface area contributed by atoms with Crippen molar-refractivity contribution >= 4 is 27.5 Å². The number of benzene rings is 1. The Labute approximate surface area is 141 Å². The third kappa shape index (κ3) is 4.22. The second-order valence-corrected chi connectivity index (χ2v) is 8.12. The van der Waals surface area contributed by atoms with E-state index in [9.17, 15) is 17.6 Å². The average Bonchev–Trinajstić information content (AvgIpc) is 2.49. The molecule has 0 bridgehead atoms. The molecule has 0 radical (unpaired) electrons. The zero-order valence-electron chi connectivity index (χ0n) is 13.1. The number of piperidine rings is 1. The fraction of sp³-hybridized carbons (Fsp3) is 0.533. The lowest BCUT2D eigenvalue weighted by molar-refractivity contribution is -0.135. The Morgan fingerprint density at radius 2 is 2.13 bits per heavy atom. The SMILES string of the molecule is CN(Cc1c(F)cccc1Cl)C(=O)C1CCCCN1S(C)(=O)=O. The van der Waals surface area contributed by atoms with Crippen molar-refractivity contribution in [3.05, 3.63) is 34.6 Å². The molecule has 128 valence electrons. The van der Waals surface area contributed by atoms with E-state index in [0.29, 0.717) is 13.0 Å². The van der Waals surface area contributed by atoms with Gasteiger partial charge in [-0.3, -0.25) is 4.79 Å². The summed E-state index contributed by atoms with van der Waals surface area (Å²) in [7, 11) is -1.93. The van der Waals surface area contributed by atoms with Crippen molar-refractivity contribution in [2.75, 3.05) is 19.8 Å². The standard InChI is InChI=1S/C15H20ClFN2O3S/c1-18(10-11-12(16)6-5-7-13(11)17)15(20)14-8-3-4-9-19(14)23(2,21)22/h5-7,14H,3-4,8-10H2,1-2H3. The molecule has 5 nitrogen and oxygen atoms in total. The molecule has 0 aromatic heterocycles. The number of hydrogen-bond donors (Lipinski definition) is 0. The Morgan fingerprint density at radius 1 is 1.43 bits per heavy atom. The van der Waals surface area contributed by atoms with Gasteiger partial charge in [0.25, 0.3) is 0 Å². The van der Waals surface area contributed by atoms with E-state index in [-0.39, 0.29) is 23.0 Å². The first-order valence-electron chi connectivity index (χ1n) is 7.36. The van der Waals surface area contributed by atoms with Gasteiger partial charge >= 0.3 is 0 Å². The van der Waals surface area contributed by atoms with Crippen LogP contribution in [0.5, 0.6) is 0 Å². The van der Waals surface area contributed by atoms with Crippen molar-refractivity contribution in [2.45, 2.75) is 31.8 Å². The number of carbonyl (C=O) groups excluding carboxylic acids is 1. The molecule has 1 heterocycles. The summed E-state index contributed by atoms with van der Waals surface area (Å²) < 4.78 is 38.8. The first-order chi connectivity index (χ1) is 10.7. The van der Waals surface area contributed by atoms with Gasteiger partial charge in [0.05, 0.1) is 6.26 Å². The maximum absolute atomic E-state index is 13.9. The lowest BCUT2D eigenvalue weighted by atomic mass is 10.0. The van der Waals surface area contributed by atoms with E-state index < -0.39 is 21.9 Å². The van der Waals surface area contributed by atoms with E-state index in [1.807, 2.05) is 0 Å². The number of hydrogen-bond acceptors (Lipinski definition) is 3. The molecular weight excluding hydrogens is 343 g/mol. The molecule has 1 aliphatic heterocycles. The van der Waals surface area contributed by atoms with Crippen LogP contribution >= 0.6 is 11.6 Å². The van der Waals surface area contributed by atoms with Crippen LogP contribution in [0.15, 0.2) is 18.2 Å². The molecule has 1 fully saturated rings. The molecule has 1 aromatic rings. The van der Waals surface area contributed by atoms with E-state index in [1.165, 1.54) is 28.4 Å². The fourth-order valence-corrected chi connectivity index (χ4v) is 4.14. The zero-order chi connectivity index (χ0) is 17.2. The Kier molecular flexibility index (Phi) is 5.65. The predicted molar refractivity (Wildman–Crippen MR) is 87.1 cm³/mol. The first-order valence-corrected chi connectivity index (χ1v) is 9.59. The summed E-state index contributed by atoms with van der Waals surface area (Å²) in [6, 6.07) is 3.61. The molecule has 1 aromatic carbocycles. The Balaban J connectivity index is 2.18. The number of likely N-dealkylation sites (N-methyl/N-ethyl adjacent to an activating group) is 1. The summed E-state index contributed by atoms with van der Waals surface area (Å²) >= 11 is 5.98. The maximum Gasteiger partial charge on any atom is 0.241 e. The lowest BCUT2D eigenvalue weighted by Gasteiger charge is -2.35. The molecule has 23 heavy (non-hydrogen) atoms. The second kappa shape index (κ2) is 7.15. The minimum atomic E-state index is -3.46. The molecule has 0 N–H and O–H groups in total. The van der Waals surface area contributed by atoms with Crippen LogP contribution in [0.2, 0.25) is 5.02 Å². The second-order valence-electron chi connectivity index (χ2n) is 5.78. The third-order valence-corrected chi connectivity index (χ3v) is 5.64. The lowest BCUT2D eigenvalue weighted by Crippen LogP contribution is -2.51. The third-order valence-electron chi connectivity index (χ3n) is 4.00. The van der Waals surface area contributed by atoms with E-state index in [0.717, 1.165) is 19.1 Å². The van der Waals surface area contributed by atoms with E-state index >= 15 is 0 Å². The number of amides is 1. The largest absolute Gasteiger partial charge is 0.340 e. The minimum Gasteiger partial charge on any atom is -0.340 e. The predicted octanol–water partition coefficient (Wildman–Crippen LogP) is 2.25. The van der Waals surface area contributed by atoms with Crippen LogP contribution < -0.4 is 0 Å². The highest BCUT2D eigenvalue weighted by molar-refractivity contribution is 7.88. The van der Waals surface area contributed by atoms with Gasteiger partial charge in [-0.25, -0.2) is 12.8 Å². The summed E-state index contributed by atoms with van der Waals surface area (Å²) in [4.78, 5) is 14.0. The van der Waals surface area contributed by atoms with E-state index in [2.05, 4.69) is 0 Å². The quantitative estimate of drug-likeness (QED) is 0.825. The van der Waals surface area contributed by atoms with Gasteiger partial charge < -0.3 is 4.90 Å². The highest BCUT2D eigenvalue weighted by Crippen LogP contribution is 2.24. The molecule has 1 saturated heterocycles. The molecule has 2 rings (SSSR count). The molecule has 1 amide bonds.